The first-order valence-corrected chi connectivity index (χ1v) is 7.56. The number of carbonyl (C=O) groups excluding carboxylic acids is 3. The Morgan fingerprint density at radius 2 is 2.00 bits per heavy atom. The number of ketones is 1. The number of carbonyl (C=O) groups is 3. The van der Waals surface area contributed by atoms with Crippen LogP contribution < -0.4 is 0 Å². The summed E-state index contributed by atoms with van der Waals surface area (Å²) in [5.41, 5.74) is 0. The van der Waals surface area contributed by atoms with Crippen LogP contribution in [0.2, 0.25) is 0 Å². The van der Waals surface area contributed by atoms with E-state index >= 15 is 0 Å². The Morgan fingerprint density at radius 3 is 2.71 bits per heavy atom. The Bertz CT molecular complexity index is 454. The molecule has 2 rings (SSSR count). The molecule has 0 radical (unpaired) electrons. The average molecular weight is 294 g/mol. The third kappa shape index (κ3) is 4.16. The molecular weight excluding hydrogens is 272 g/mol. The molecular formula is C16H22O5. The Labute approximate surface area is 124 Å². The number of hydrogen-bond acceptors (Lipinski definition) is 5. The summed E-state index contributed by atoms with van der Waals surface area (Å²) < 4.78 is 10.6. The summed E-state index contributed by atoms with van der Waals surface area (Å²) in [7, 11) is 0. The van der Waals surface area contributed by atoms with E-state index in [2.05, 4.69) is 0 Å². The molecule has 116 valence electrons. The van der Waals surface area contributed by atoms with Gasteiger partial charge in [-0.25, -0.2) is 0 Å². The highest BCUT2D eigenvalue weighted by atomic mass is 16.5. The first-order valence-electron chi connectivity index (χ1n) is 7.56. The predicted octanol–water partition coefficient (Wildman–Crippen LogP) is 2.19. The van der Waals surface area contributed by atoms with Crippen molar-refractivity contribution in [3.8, 4) is 0 Å². The van der Waals surface area contributed by atoms with E-state index in [-0.39, 0.29) is 36.1 Å². The minimum absolute atomic E-state index is 0.0184. The van der Waals surface area contributed by atoms with Gasteiger partial charge in [0.15, 0.2) is 5.78 Å². The quantitative estimate of drug-likeness (QED) is 0.693. The monoisotopic (exact) mass is 294 g/mol. The third-order valence-electron chi connectivity index (χ3n) is 4.17. The van der Waals surface area contributed by atoms with Crippen LogP contribution in [0.25, 0.3) is 0 Å². The molecule has 0 amide bonds. The van der Waals surface area contributed by atoms with Crippen LogP contribution in [0.5, 0.6) is 0 Å². The van der Waals surface area contributed by atoms with Gasteiger partial charge in [-0.15, -0.1) is 0 Å². The lowest BCUT2D eigenvalue weighted by atomic mass is 9.75. The van der Waals surface area contributed by atoms with Gasteiger partial charge in [0.25, 0.3) is 0 Å². The Morgan fingerprint density at radius 1 is 1.29 bits per heavy atom. The lowest BCUT2D eigenvalue weighted by molar-refractivity contribution is -0.158. The average Bonchev–Trinajstić information content (AvgIpc) is 2.39. The molecule has 21 heavy (non-hydrogen) atoms. The second kappa shape index (κ2) is 6.87. The van der Waals surface area contributed by atoms with E-state index in [1.807, 2.05) is 6.92 Å². The molecule has 1 heterocycles. The lowest BCUT2D eigenvalue weighted by Crippen LogP contribution is -2.39. The van der Waals surface area contributed by atoms with E-state index in [0.717, 1.165) is 25.7 Å². The number of ether oxygens (including phenoxy) is 2. The molecule has 0 spiro atoms. The van der Waals surface area contributed by atoms with Crippen molar-refractivity contribution in [2.24, 2.45) is 11.8 Å². The van der Waals surface area contributed by atoms with Gasteiger partial charge < -0.3 is 9.47 Å². The highest BCUT2D eigenvalue weighted by molar-refractivity contribution is 5.93. The first kappa shape index (κ1) is 15.7. The van der Waals surface area contributed by atoms with Crippen LogP contribution in [0.1, 0.15) is 46.0 Å². The minimum atomic E-state index is -0.521. The van der Waals surface area contributed by atoms with Gasteiger partial charge in [0.05, 0.1) is 12.5 Å². The van der Waals surface area contributed by atoms with E-state index in [0.29, 0.717) is 0 Å². The summed E-state index contributed by atoms with van der Waals surface area (Å²) >= 11 is 0. The zero-order chi connectivity index (χ0) is 15.4. The summed E-state index contributed by atoms with van der Waals surface area (Å²) in [5.74, 6) is -1.29. The van der Waals surface area contributed by atoms with E-state index in [4.69, 9.17) is 9.47 Å². The summed E-state index contributed by atoms with van der Waals surface area (Å²) in [6, 6.07) is 0. The fourth-order valence-corrected chi connectivity index (χ4v) is 3.15. The Kier molecular flexibility index (Phi) is 5.15. The second-order valence-corrected chi connectivity index (χ2v) is 5.89. The number of hydrogen-bond donors (Lipinski definition) is 0. The lowest BCUT2D eigenvalue weighted by Gasteiger charge is -2.33. The topological polar surface area (TPSA) is 69.7 Å². The fraction of sp³-hybridized carbons (Fsp3) is 0.688. The molecule has 0 unspecified atom stereocenters. The summed E-state index contributed by atoms with van der Waals surface area (Å²) in [5, 5.41) is 0. The van der Waals surface area contributed by atoms with Crippen LogP contribution in [0, 0.1) is 11.8 Å². The molecule has 0 N–H and O–H groups in total. The molecule has 4 atom stereocenters. The Hall–Kier alpha value is -1.65. The molecule has 1 aliphatic heterocycles. The first-order chi connectivity index (χ1) is 9.97. The van der Waals surface area contributed by atoms with Gasteiger partial charge >= 0.3 is 11.9 Å². The van der Waals surface area contributed by atoms with Gasteiger partial charge in [-0.05, 0) is 38.3 Å². The molecule has 0 aromatic carbocycles. The maximum absolute atomic E-state index is 12.1. The maximum atomic E-state index is 12.1. The van der Waals surface area contributed by atoms with Gasteiger partial charge in [0.1, 0.15) is 6.10 Å². The second-order valence-electron chi connectivity index (χ2n) is 5.89. The molecule has 1 aliphatic carbocycles. The molecule has 1 saturated heterocycles. The molecule has 1 fully saturated rings. The van der Waals surface area contributed by atoms with Gasteiger partial charge in [0.2, 0.25) is 0 Å². The van der Waals surface area contributed by atoms with Crippen molar-refractivity contribution >= 4 is 17.7 Å². The van der Waals surface area contributed by atoms with Crippen molar-refractivity contribution in [3.63, 3.8) is 0 Å². The zero-order valence-electron chi connectivity index (χ0n) is 12.5. The number of cyclic esters (lactones) is 1. The minimum Gasteiger partial charge on any atom is -0.463 e. The van der Waals surface area contributed by atoms with Crippen LogP contribution in [0.3, 0.4) is 0 Å². The largest absolute Gasteiger partial charge is 0.463 e. The van der Waals surface area contributed by atoms with Crippen LogP contribution in [0.15, 0.2) is 12.2 Å². The maximum Gasteiger partial charge on any atom is 0.306 e. The summed E-state index contributed by atoms with van der Waals surface area (Å²) in [6.45, 7) is 3.21. The highest BCUT2D eigenvalue weighted by Gasteiger charge is 2.39. The van der Waals surface area contributed by atoms with E-state index < -0.39 is 12.1 Å². The van der Waals surface area contributed by atoms with Crippen molar-refractivity contribution in [3.05, 3.63) is 12.2 Å². The molecule has 0 bridgehead atoms. The van der Waals surface area contributed by atoms with Crippen LogP contribution in [0.4, 0.5) is 0 Å². The summed E-state index contributed by atoms with van der Waals surface area (Å²) in [4.78, 5) is 35.3. The van der Waals surface area contributed by atoms with Crippen molar-refractivity contribution < 1.29 is 23.9 Å². The molecule has 2 aliphatic rings. The zero-order valence-corrected chi connectivity index (χ0v) is 12.5. The van der Waals surface area contributed by atoms with Gasteiger partial charge in [0, 0.05) is 18.8 Å². The SMILES string of the molecule is CC(=O)O[C@H]1C=CC(=O)[C@@H]2CCCC[C@H](C)OC(=O)C[C@@H]12. The van der Waals surface area contributed by atoms with Crippen molar-refractivity contribution in [1.82, 2.24) is 0 Å². The molecule has 5 heteroatoms. The van der Waals surface area contributed by atoms with Crippen molar-refractivity contribution in [2.75, 3.05) is 0 Å². The third-order valence-corrected chi connectivity index (χ3v) is 4.17. The number of allylic oxidation sites excluding steroid dienone is 1. The van der Waals surface area contributed by atoms with Crippen LogP contribution in [-0.4, -0.2) is 29.9 Å². The van der Waals surface area contributed by atoms with Gasteiger partial charge in [-0.2, -0.15) is 0 Å². The van der Waals surface area contributed by atoms with Crippen LogP contribution >= 0.6 is 0 Å². The number of esters is 2. The predicted molar refractivity (Wildman–Crippen MR) is 75.3 cm³/mol. The fourth-order valence-electron chi connectivity index (χ4n) is 3.15. The van der Waals surface area contributed by atoms with Gasteiger partial charge in [-0.1, -0.05) is 6.42 Å². The van der Waals surface area contributed by atoms with Crippen LogP contribution in [-0.2, 0) is 23.9 Å². The molecule has 0 aromatic rings. The normalized spacial score (nSPS) is 33.8. The van der Waals surface area contributed by atoms with E-state index in [9.17, 15) is 14.4 Å². The Balaban J connectivity index is 2.20. The number of fused-ring (bicyclic) bond motifs is 1. The number of rotatable bonds is 1. The molecule has 5 nitrogen and oxygen atoms in total. The van der Waals surface area contributed by atoms with E-state index in [1.165, 1.54) is 13.0 Å². The summed E-state index contributed by atoms with van der Waals surface area (Å²) in [6.07, 6.45) is 5.95. The highest BCUT2D eigenvalue weighted by Crippen LogP contribution is 2.33. The smallest absolute Gasteiger partial charge is 0.306 e. The van der Waals surface area contributed by atoms with Crippen molar-refractivity contribution in [2.45, 2.75) is 58.2 Å². The molecule has 0 aromatic heterocycles. The standard InChI is InChI=1S/C16H22O5/c1-10-5-3-4-6-12-13(9-16(19)20-10)15(21-11(2)17)8-7-14(12)18/h7-8,10,12-13,15H,3-6,9H2,1-2H3/t10-,12+,13+,15-/m0/s1. The molecule has 0 saturated carbocycles. The van der Waals surface area contributed by atoms with E-state index in [1.54, 1.807) is 6.08 Å². The van der Waals surface area contributed by atoms with Crippen molar-refractivity contribution in [1.29, 1.82) is 0 Å². The van der Waals surface area contributed by atoms with Gasteiger partial charge in [-0.3, -0.25) is 14.4 Å².